The van der Waals surface area contributed by atoms with E-state index in [0.29, 0.717) is 0 Å². The zero-order valence-electron chi connectivity index (χ0n) is 9.06. The van der Waals surface area contributed by atoms with Crippen LogP contribution >= 0.6 is 0 Å². The molecular weight excluding hydrogens is 192 g/mol. The zero-order chi connectivity index (χ0) is 11.7. The topological polar surface area (TPSA) is 81.8 Å². The van der Waals surface area contributed by atoms with Crippen molar-refractivity contribution in [3.8, 4) is 0 Å². The molecule has 4 nitrogen and oxygen atoms in total. The lowest BCUT2D eigenvalue weighted by molar-refractivity contribution is 0.562. The molecule has 0 saturated heterocycles. The Morgan fingerprint density at radius 3 is 1.13 bits per heavy atom. The summed E-state index contributed by atoms with van der Waals surface area (Å²) in [7, 11) is 0. The van der Waals surface area contributed by atoms with Crippen LogP contribution in [0.15, 0.2) is 0 Å². The minimum Gasteiger partial charge on any atom is -0.222 e. The van der Waals surface area contributed by atoms with Crippen molar-refractivity contribution in [3.05, 3.63) is 0 Å². The van der Waals surface area contributed by atoms with Crippen LogP contribution in [-0.4, -0.2) is 12.2 Å². The van der Waals surface area contributed by atoms with Crippen LogP contribution in [0.3, 0.4) is 0 Å². The third kappa shape index (κ3) is 104. The molecule has 0 aromatic heterocycles. The number of isocyanates is 2. The van der Waals surface area contributed by atoms with Gasteiger partial charge >= 0.3 is 0 Å². The third-order valence-electron chi connectivity index (χ3n) is 1.46. The lowest BCUT2D eigenvalue weighted by atomic mass is 10.1. The molecule has 90 valence electrons. The van der Waals surface area contributed by atoms with Crippen molar-refractivity contribution in [2.45, 2.75) is 59.8 Å². The average molecular weight is 216 g/mol. The molecule has 0 aliphatic carbocycles. The number of hydrogen-bond donors (Lipinski definition) is 2. The molecule has 0 heterocycles. The second-order valence-corrected chi connectivity index (χ2v) is 2.62. The van der Waals surface area contributed by atoms with E-state index in [0.717, 1.165) is 12.2 Å². The fraction of sp³-hybridized carbons (Fsp3) is 0.818. The van der Waals surface area contributed by atoms with Gasteiger partial charge in [0.05, 0.1) is 0 Å². The molecule has 0 fully saturated rings. The van der Waals surface area contributed by atoms with Crippen LogP contribution in [-0.2, 0) is 9.59 Å². The maximum absolute atomic E-state index is 8.35. The highest BCUT2D eigenvalue weighted by Crippen LogP contribution is 2.03. The Bertz CT molecular complexity index is 129. The summed E-state index contributed by atoms with van der Waals surface area (Å²) in [5, 5.41) is 10.8. The average Bonchev–Trinajstić information content (AvgIpc) is 2.15. The van der Waals surface area contributed by atoms with Crippen LogP contribution in [0.4, 0.5) is 0 Å². The highest BCUT2D eigenvalue weighted by molar-refractivity contribution is 5.26. The number of carbonyl (C=O) groups excluding carboxylic acids is 2. The van der Waals surface area contributed by atoms with Gasteiger partial charge in [-0.2, -0.15) is 0 Å². The Morgan fingerprint density at radius 2 is 1.00 bits per heavy atom. The summed E-state index contributed by atoms with van der Waals surface area (Å²) in [6.45, 7) is 4.51. The second-order valence-electron chi connectivity index (χ2n) is 2.62. The van der Waals surface area contributed by atoms with Crippen molar-refractivity contribution in [2.75, 3.05) is 0 Å². The van der Waals surface area contributed by atoms with E-state index >= 15 is 0 Å². The van der Waals surface area contributed by atoms with Gasteiger partial charge in [0.15, 0.2) is 0 Å². The lowest BCUT2D eigenvalue weighted by Gasteiger charge is -1.93. The third-order valence-corrected chi connectivity index (χ3v) is 1.46. The molecule has 0 radical (unpaired) electrons. The largest absolute Gasteiger partial charge is 0.231 e. The quantitative estimate of drug-likeness (QED) is 0.416. The molecule has 4 heteroatoms. The first-order valence-electron chi connectivity index (χ1n) is 4.82. The fourth-order valence-corrected chi connectivity index (χ4v) is 0.854. The van der Waals surface area contributed by atoms with Gasteiger partial charge in [-0.15, -0.1) is 0 Å². The van der Waals surface area contributed by atoms with Crippen LogP contribution < -0.4 is 0 Å². The minimum atomic E-state index is 0. The number of hydrogen-bond acceptors (Lipinski definition) is 4. The summed E-state index contributed by atoms with van der Waals surface area (Å²) >= 11 is 0. The van der Waals surface area contributed by atoms with E-state index in [9.17, 15) is 0 Å². The Morgan fingerprint density at radius 1 is 0.800 bits per heavy atom. The molecule has 0 aromatic carbocycles. The second kappa shape index (κ2) is 38.6. The molecule has 0 aliphatic rings. The Balaban J connectivity index is -0.0000000733. The van der Waals surface area contributed by atoms with Crippen molar-refractivity contribution in [1.29, 1.82) is 10.8 Å². The Kier molecular flexibility index (Phi) is 60.5. The standard InChI is InChI=1S/C8H18.2CHNO.CH4/c1-3-5-7-8-6-4-2;2*2-1-3;/h3-8H2,1-2H3;2*2H;1H4. The zero-order valence-corrected chi connectivity index (χ0v) is 9.06. The molecule has 0 spiro atoms. The van der Waals surface area contributed by atoms with Gasteiger partial charge in [0, 0.05) is 0 Å². The van der Waals surface area contributed by atoms with Crippen molar-refractivity contribution in [2.24, 2.45) is 0 Å². The SMILES string of the molecule is C.CCCCCCCC.N=C=O.N=C=O. The van der Waals surface area contributed by atoms with E-state index < -0.39 is 0 Å². The van der Waals surface area contributed by atoms with Crippen LogP contribution in [0.1, 0.15) is 59.8 Å². The molecule has 2 N–H and O–H groups in total. The Labute approximate surface area is 93.1 Å². The summed E-state index contributed by atoms with van der Waals surface area (Å²) in [6, 6.07) is 0. The van der Waals surface area contributed by atoms with E-state index in [2.05, 4.69) is 13.8 Å². The molecule has 0 amide bonds. The van der Waals surface area contributed by atoms with E-state index in [1.165, 1.54) is 38.5 Å². The first kappa shape index (κ1) is 23.5. The van der Waals surface area contributed by atoms with Gasteiger partial charge in [-0.1, -0.05) is 59.8 Å². The van der Waals surface area contributed by atoms with Gasteiger partial charge in [-0.3, -0.25) is 0 Å². The first-order chi connectivity index (χ1) is 6.74. The summed E-state index contributed by atoms with van der Waals surface area (Å²) in [6.07, 6.45) is 9.99. The van der Waals surface area contributed by atoms with Gasteiger partial charge in [0.25, 0.3) is 0 Å². The van der Waals surface area contributed by atoms with Crippen LogP contribution in [0.5, 0.6) is 0 Å². The van der Waals surface area contributed by atoms with Gasteiger partial charge < -0.3 is 0 Å². The lowest BCUT2D eigenvalue weighted by Crippen LogP contribution is -1.73. The molecule has 0 aliphatic heterocycles. The van der Waals surface area contributed by atoms with Crippen LogP contribution in [0.2, 0.25) is 0 Å². The monoisotopic (exact) mass is 216 g/mol. The minimum absolute atomic E-state index is 0. The van der Waals surface area contributed by atoms with Crippen molar-refractivity contribution >= 4 is 12.2 Å². The molecule has 0 bridgehead atoms. The summed E-state index contributed by atoms with van der Waals surface area (Å²) in [4.78, 5) is 16.7. The predicted octanol–water partition coefficient (Wildman–Crippen LogP) is 3.80. The van der Waals surface area contributed by atoms with Gasteiger partial charge in [0.2, 0.25) is 12.2 Å². The van der Waals surface area contributed by atoms with E-state index in [-0.39, 0.29) is 7.43 Å². The van der Waals surface area contributed by atoms with Crippen LogP contribution in [0.25, 0.3) is 0 Å². The van der Waals surface area contributed by atoms with E-state index in [4.69, 9.17) is 20.4 Å². The van der Waals surface area contributed by atoms with E-state index in [1.54, 1.807) is 0 Å². The van der Waals surface area contributed by atoms with Crippen molar-refractivity contribution < 1.29 is 9.59 Å². The molecular formula is C11H24N2O2. The predicted molar refractivity (Wildman–Crippen MR) is 62.6 cm³/mol. The summed E-state index contributed by atoms with van der Waals surface area (Å²) < 4.78 is 0. The molecule has 0 atom stereocenters. The molecule has 0 unspecified atom stereocenters. The molecule has 0 rings (SSSR count). The molecule has 0 saturated carbocycles. The number of unbranched alkanes of at least 4 members (excludes halogenated alkanes) is 5. The maximum atomic E-state index is 8.35. The van der Waals surface area contributed by atoms with Crippen molar-refractivity contribution in [3.63, 3.8) is 0 Å². The molecule has 0 aromatic rings. The normalized spacial score (nSPS) is 6.27. The summed E-state index contributed by atoms with van der Waals surface area (Å²) in [5.41, 5.74) is 0. The Hall–Kier alpha value is -1.24. The maximum Gasteiger partial charge on any atom is 0.231 e. The van der Waals surface area contributed by atoms with Gasteiger partial charge in [0.1, 0.15) is 0 Å². The highest BCUT2D eigenvalue weighted by atomic mass is 16.1. The fourth-order valence-electron chi connectivity index (χ4n) is 0.854. The summed E-state index contributed by atoms with van der Waals surface area (Å²) in [5.74, 6) is 0. The van der Waals surface area contributed by atoms with Crippen LogP contribution in [0, 0.1) is 10.8 Å². The number of nitrogens with one attached hydrogen (secondary N) is 2. The highest BCUT2D eigenvalue weighted by Gasteiger charge is 1.83. The van der Waals surface area contributed by atoms with E-state index in [1.807, 2.05) is 0 Å². The van der Waals surface area contributed by atoms with Gasteiger partial charge in [-0.05, 0) is 0 Å². The smallest absolute Gasteiger partial charge is 0.222 e. The van der Waals surface area contributed by atoms with Crippen molar-refractivity contribution in [1.82, 2.24) is 0 Å². The number of rotatable bonds is 5. The van der Waals surface area contributed by atoms with Gasteiger partial charge in [-0.25, -0.2) is 20.4 Å². The molecule has 15 heavy (non-hydrogen) atoms. The first-order valence-corrected chi connectivity index (χ1v) is 4.82.